The van der Waals surface area contributed by atoms with Crippen LogP contribution in [0.15, 0.2) is 11.6 Å². The van der Waals surface area contributed by atoms with Gasteiger partial charge in [-0.25, -0.2) is 4.79 Å². The summed E-state index contributed by atoms with van der Waals surface area (Å²) in [5.41, 5.74) is 2.91. The lowest BCUT2D eigenvalue weighted by atomic mass is 10.1. The highest BCUT2D eigenvalue weighted by molar-refractivity contribution is 6.31. The van der Waals surface area contributed by atoms with E-state index in [2.05, 4.69) is 9.88 Å². The fraction of sp³-hybridized carbons (Fsp3) is 0.571. The van der Waals surface area contributed by atoms with Crippen molar-refractivity contribution in [2.45, 2.75) is 71.1 Å². The summed E-state index contributed by atoms with van der Waals surface area (Å²) in [5.74, 6) is -1.10. The number of barbiturate groups is 1. The third kappa shape index (κ3) is 3.39. The normalized spacial score (nSPS) is 25.2. The van der Waals surface area contributed by atoms with E-state index in [0.717, 1.165) is 68.6 Å². The highest BCUT2D eigenvalue weighted by Gasteiger charge is 2.40. The van der Waals surface area contributed by atoms with E-state index in [1.807, 2.05) is 19.9 Å². The maximum absolute atomic E-state index is 13.0. The second-order valence-electron chi connectivity index (χ2n) is 8.00. The Morgan fingerprint density at radius 3 is 2.57 bits per heavy atom. The zero-order chi connectivity index (χ0) is 19.8. The second kappa shape index (κ2) is 7.54. The number of hydrogen-bond acceptors (Lipinski definition) is 4. The van der Waals surface area contributed by atoms with Gasteiger partial charge in [-0.05, 0) is 57.2 Å². The van der Waals surface area contributed by atoms with Crippen molar-refractivity contribution in [1.29, 1.82) is 0 Å². The Morgan fingerprint density at radius 2 is 1.89 bits per heavy atom. The molecule has 3 heterocycles. The highest BCUT2D eigenvalue weighted by atomic mass is 16.5. The Labute approximate surface area is 164 Å². The minimum atomic E-state index is -0.617. The quantitative estimate of drug-likeness (QED) is 0.638. The van der Waals surface area contributed by atoms with Gasteiger partial charge >= 0.3 is 6.03 Å². The molecule has 1 aromatic heterocycles. The van der Waals surface area contributed by atoms with Gasteiger partial charge in [0.2, 0.25) is 0 Å². The second-order valence-corrected chi connectivity index (χ2v) is 8.00. The fourth-order valence-electron chi connectivity index (χ4n) is 4.57. The topological polar surface area (TPSA) is 80.6 Å². The van der Waals surface area contributed by atoms with Gasteiger partial charge in [-0.1, -0.05) is 12.8 Å². The molecular formula is C21H27N3O4. The number of hydrogen-bond donors (Lipinski definition) is 1. The van der Waals surface area contributed by atoms with Gasteiger partial charge in [0.1, 0.15) is 5.57 Å². The molecule has 4 rings (SSSR count). The van der Waals surface area contributed by atoms with Gasteiger partial charge < -0.3 is 9.30 Å². The molecule has 2 saturated heterocycles. The number of carbonyl (C=O) groups excluding carboxylic acids is 3. The maximum Gasteiger partial charge on any atom is 0.331 e. The summed E-state index contributed by atoms with van der Waals surface area (Å²) in [5, 5.41) is 2.34. The zero-order valence-electron chi connectivity index (χ0n) is 16.5. The van der Waals surface area contributed by atoms with Gasteiger partial charge in [0.15, 0.2) is 0 Å². The van der Waals surface area contributed by atoms with Crippen LogP contribution < -0.4 is 5.32 Å². The SMILES string of the molecule is Cc1cc(/C=C2/C(=O)NC(=O)N(C3CCCC3)C2=O)c(C)n1CC1CCCO1. The molecule has 0 radical (unpaired) electrons. The highest BCUT2D eigenvalue weighted by Crippen LogP contribution is 2.28. The Bertz CT molecular complexity index is 842. The predicted molar refractivity (Wildman–Crippen MR) is 103 cm³/mol. The first-order valence-corrected chi connectivity index (χ1v) is 10.1. The maximum atomic E-state index is 13.0. The minimum Gasteiger partial charge on any atom is -0.376 e. The number of nitrogens with one attached hydrogen (secondary N) is 1. The third-order valence-corrected chi connectivity index (χ3v) is 6.15. The molecule has 0 aromatic carbocycles. The molecule has 3 fully saturated rings. The molecule has 28 heavy (non-hydrogen) atoms. The lowest BCUT2D eigenvalue weighted by molar-refractivity contribution is -0.131. The molecule has 0 spiro atoms. The molecule has 1 unspecified atom stereocenters. The van der Waals surface area contributed by atoms with Gasteiger partial charge in [-0.15, -0.1) is 0 Å². The van der Waals surface area contributed by atoms with Crippen LogP contribution in [0.5, 0.6) is 0 Å². The number of ether oxygens (including phenoxy) is 1. The van der Waals surface area contributed by atoms with Crippen LogP contribution in [0, 0.1) is 13.8 Å². The van der Waals surface area contributed by atoms with Crippen LogP contribution in [0.2, 0.25) is 0 Å². The average molecular weight is 385 g/mol. The smallest absolute Gasteiger partial charge is 0.331 e. The van der Waals surface area contributed by atoms with Crippen LogP contribution in [0.3, 0.4) is 0 Å². The molecular weight excluding hydrogens is 358 g/mol. The van der Waals surface area contributed by atoms with Crippen LogP contribution >= 0.6 is 0 Å². The van der Waals surface area contributed by atoms with Crippen LogP contribution in [0.25, 0.3) is 6.08 Å². The van der Waals surface area contributed by atoms with Crippen molar-refractivity contribution in [3.05, 3.63) is 28.6 Å². The van der Waals surface area contributed by atoms with Gasteiger partial charge in [-0.2, -0.15) is 0 Å². The first-order chi connectivity index (χ1) is 13.5. The van der Waals surface area contributed by atoms with Crippen LogP contribution in [0.4, 0.5) is 4.79 Å². The van der Waals surface area contributed by atoms with Crippen molar-refractivity contribution in [2.24, 2.45) is 0 Å². The summed E-state index contributed by atoms with van der Waals surface area (Å²) in [4.78, 5) is 38.8. The van der Waals surface area contributed by atoms with E-state index in [-0.39, 0.29) is 17.7 Å². The molecule has 7 nitrogen and oxygen atoms in total. The van der Waals surface area contributed by atoms with E-state index in [9.17, 15) is 14.4 Å². The van der Waals surface area contributed by atoms with Gasteiger partial charge in [0.05, 0.1) is 6.10 Å². The Morgan fingerprint density at radius 1 is 1.14 bits per heavy atom. The molecule has 150 valence electrons. The molecule has 4 amide bonds. The fourth-order valence-corrected chi connectivity index (χ4v) is 4.57. The minimum absolute atomic E-state index is 0.0314. The van der Waals surface area contributed by atoms with E-state index >= 15 is 0 Å². The molecule has 2 aliphatic heterocycles. The monoisotopic (exact) mass is 385 g/mol. The Balaban J connectivity index is 1.62. The van der Waals surface area contributed by atoms with Crippen molar-refractivity contribution in [3.8, 4) is 0 Å². The number of amides is 4. The van der Waals surface area contributed by atoms with Crippen LogP contribution in [0.1, 0.15) is 55.5 Å². The molecule has 7 heteroatoms. The van der Waals surface area contributed by atoms with E-state index in [0.29, 0.717) is 0 Å². The number of imide groups is 2. The van der Waals surface area contributed by atoms with E-state index in [1.165, 1.54) is 4.90 Å². The lowest BCUT2D eigenvalue weighted by Gasteiger charge is -2.31. The standard InChI is InChI=1S/C21H27N3O4/c1-13-10-15(14(2)23(13)12-17-8-5-9-28-17)11-18-19(25)22-21(27)24(20(18)26)16-6-3-4-7-16/h10-11,16-17H,3-9,12H2,1-2H3,(H,22,25,27)/b18-11-. The van der Waals surface area contributed by atoms with Crippen LogP contribution in [-0.4, -0.2) is 46.1 Å². The number of rotatable bonds is 4. The molecule has 1 atom stereocenters. The summed E-state index contributed by atoms with van der Waals surface area (Å²) < 4.78 is 7.92. The number of carbonyl (C=O) groups is 3. The first kappa shape index (κ1) is 18.9. The van der Waals surface area contributed by atoms with Crippen LogP contribution in [-0.2, 0) is 20.9 Å². The van der Waals surface area contributed by atoms with Crippen molar-refractivity contribution in [2.75, 3.05) is 6.61 Å². The number of urea groups is 1. The number of nitrogens with zero attached hydrogens (tertiary/aromatic N) is 2. The van der Waals surface area contributed by atoms with Crippen molar-refractivity contribution in [1.82, 2.24) is 14.8 Å². The van der Waals surface area contributed by atoms with Crippen molar-refractivity contribution >= 4 is 23.9 Å². The van der Waals surface area contributed by atoms with Gasteiger partial charge in [0.25, 0.3) is 11.8 Å². The molecule has 1 saturated carbocycles. The van der Waals surface area contributed by atoms with Crippen molar-refractivity contribution < 1.29 is 19.1 Å². The van der Waals surface area contributed by atoms with Gasteiger partial charge in [0, 0.05) is 30.6 Å². The van der Waals surface area contributed by atoms with Gasteiger partial charge in [-0.3, -0.25) is 19.8 Å². The number of aromatic nitrogens is 1. The van der Waals surface area contributed by atoms with E-state index < -0.39 is 17.8 Å². The summed E-state index contributed by atoms with van der Waals surface area (Å²) in [6.45, 7) is 5.58. The predicted octanol–water partition coefficient (Wildman–Crippen LogP) is 2.69. The van der Waals surface area contributed by atoms with E-state index in [1.54, 1.807) is 6.08 Å². The zero-order valence-corrected chi connectivity index (χ0v) is 16.5. The van der Waals surface area contributed by atoms with E-state index in [4.69, 9.17) is 4.74 Å². The number of aryl methyl sites for hydroxylation is 1. The third-order valence-electron chi connectivity index (χ3n) is 6.15. The van der Waals surface area contributed by atoms with Crippen molar-refractivity contribution in [3.63, 3.8) is 0 Å². The Hall–Kier alpha value is -2.41. The molecule has 3 aliphatic rings. The summed E-state index contributed by atoms with van der Waals surface area (Å²) in [6.07, 6.45) is 7.57. The average Bonchev–Trinajstić information content (AvgIpc) is 3.39. The summed E-state index contributed by atoms with van der Waals surface area (Å²) in [6, 6.07) is 1.27. The molecule has 1 aliphatic carbocycles. The largest absolute Gasteiger partial charge is 0.376 e. The molecule has 1 N–H and O–H groups in total. The molecule has 1 aromatic rings. The Kier molecular flexibility index (Phi) is 5.10. The molecule has 0 bridgehead atoms. The first-order valence-electron chi connectivity index (χ1n) is 10.1. The lowest BCUT2D eigenvalue weighted by Crippen LogP contribution is -2.57. The summed E-state index contributed by atoms with van der Waals surface area (Å²) in [7, 11) is 0. The summed E-state index contributed by atoms with van der Waals surface area (Å²) >= 11 is 0.